The number of hydrogen-bond acceptors (Lipinski definition) is 0. The van der Waals surface area contributed by atoms with E-state index in [1.807, 2.05) is 0 Å². The maximum absolute atomic E-state index is 16.4. The van der Waals surface area contributed by atoms with Crippen molar-refractivity contribution in [3.8, 4) is 0 Å². The molecule has 0 aliphatic carbocycles. The van der Waals surface area contributed by atoms with Crippen molar-refractivity contribution < 1.29 is 69.1 Å². The van der Waals surface area contributed by atoms with Crippen molar-refractivity contribution in [2.75, 3.05) is 0 Å². The van der Waals surface area contributed by atoms with Crippen molar-refractivity contribution in [2.45, 2.75) is 0 Å². The molecule has 0 amide bonds. The second-order valence-electron chi connectivity index (χ2n) is 6.71. The molecule has 0 unspecified atom stereocenters. The number of halogens is 16. The van der Waals surface area contributed by atoms with Gasteiger partial charge in [-0.25, -0.2) is 0 Å². The van der Waals surface area contributed by atoms with Gasteiger partial charge in [-0.1, -0.05) is 0 Å². The third kappa shape index (κ3) is 3.49. The summed E-state index contributed by atoms with van der Waals surface area (Å²) in [6.07, 6.45) is 0. The molecule has 0 aliphatic rings. The van der Waals surface area contributed by atoms with Gasteiger partial charge in [-0.3, -0.25) is 0 Å². The Morgan fingerprint density at radius 1 is 0.229 bits per heavy atom. The molecule has 188 valence electrons. The Kier molecular flexibility index (Phi) is 6.64. The van der Waals surface area contributed by atoms with Crippen LogP contribution >= 0.6 is 0 Å². The molecule has 0 fully saturated rings. The summed E-state index contributed by atoms with van der Waals surface area (Å²) in [5.41, 5.74) is 0. The van der Waals surface area contributed by atoms with E-state index in [4.69, 9.17) is 0 Å². The summed E-state index contributed by atoms with van der Waals surface area (Å²) in [4.78, 5) is 0. The van der Waals surface area contributed by atoms with Gasteiger partial charge in [-0.2, -0.15) is 0 Å². The molecular weight excluding hydrogens is 590 g/mol. The van der Waals surface area contributed by atoms with Crippen LogP contribution in [-0.2, 0) is 0 Å². The van der Waals surface area contributed by atoms with E-state index in [1.165, 1.54) is 0 Å². The van der Waals surface area contributed by atoms with Crippen LogP contribution in [0.3, 0.4) is 0 Å². The molecule has 3 rings (SSSR count). The minimum absolute atomic E-state index is 3.08. The molecule has 0 N–H and O–H groups in total. The van der Waals surface area contributed by atoms with Crippen LogP contribution in [0, 0.1) is 87.3 Å². The van der Waals surface area contributed by atoms with Crippen LogP contribution in [0.2, 0.25) is 0 Å². The Balaban J connectivity index is 2.78. The Morgan fingerprint density at radius 3 is 0.486 bits per heavy atom. The van der Waals surface area contributed by atoms with Crippen LogP contribution in [0.1, 0.15) is 0 Å². The second-order valence-corrected chi connectivity index (χ2v) is 13.5. The van der Waals surface area contributed by atoms with Crippen molar-refractivity contribution >= 4 is 27.9 Å². The van der Waals surface area contributed by atoms with E-state index in [0.29, 0.717) is 0 Å². The molecule has 0 heterocycles. The van der Waals surface area contributed by atoms with Gasteiger partial charge in [-0.05, 0) is 0 Å². The Morgan fingerprint density at radius 2 is 0.343 bits per heavy atom. The molecular formula is C18F16Ga-. The molecule has 0 spiro atoms. The van der Waals surface area contributed by atoms with Gasteiger partial charge in [0.15, 0.2) is 0 Å². The topological polar surface area (TPSA) is 0 Å². The summed E-state index contributed by atoms with van der Waals surface area (Å²) < 4.78 is 216. The van der Waals surface area contributed by atoms with Crippen LogP contribution in [0.15, 0.2) is 0 Å². The van der Waals surface area contributed by atoms with Gasteiger partial charge in [0, 0.05) is 0 Å². The van der Waals surface area contributed by atoms with E-state index in [1.54, 1.807) is 0 Å². The van der Waals surface area contributed by atoms with Gasteiger partial charge in [0.2, 0.25) is 0 Å². The van der Waals surface area contributed by atoms with Gasteiger partial charge in [0.1, 0.15) is 0 Å². The van der Waals surface area contributed by atoms with Crippen molar-refractivity contribution in [3.05, 3.63) is 87.3 Å². The first-order valence-corrected chi connectivity index (χ1v) is 13.0. The third-order valence-corrected chi connectivity index (χ3v) is 13.1. The van der Waals surface area contributed by atoms with E-state index in [9.17, 15) is 65.9 Å². The normalized spacial score (nSPS) is 12.0. The van der Waals surface area contributed by atoms with E-state index in [2.05, 4.69) is 0 Å². The first-order valence-electron chi connectivity index (χ1n) is 8.42. The molecule has 0 saturated heterocycles. The molecule has 3 aromatic carbocycles. The van der Waals surface area contributed by atoms with E-state index < -0.39 is 115 Å². The van der Waals surface area contributed by atoms with Gasteiger partial charge < -0.3 is 0 Å². The van der Waals surface area contributed by atoms with Gasteiger partial charge in [0.25, 0.3) is 0 Å². The van der Waals surface area contributed by atoms with Crippen molar-refractivity contribution in [1.29, 1.82) is 0 Å². The zero-order chi connectivity index (χ0) is 26.9. The van der Waals surface area contributed by atoms with Crippen LogP contribution in [0.25, 0.3) is 0 Å². The summed E-state index contributed by atoms with van der Waals surface area (Å²) in [5.74, 6) is -48.6. The molecule has 0 nitrogen and oxygen atoms in total. The Hall–Kier alpha value is -2.82. The van der Waals surface area contributed by atoms with E-state index >= 15 is 3.29 Å². The molecule has 0 bridgehead atoms. The van der Waals surface area contributed by atoms with E-state index in [-0.39, 0.29) is 0 Å². The summed E-state index contributed by atoms with van der Waals surface area (Å²) in [6.45, 7) is 0. The zero-order valence-corrected chi connectivity index (χ0v) is 18.0. The molecule has 17 heteroatoms. The second kappa shape index (κ2) is 8.68. The predicted molar refractivity (Wildman–Crippen MR) is 84.5 cm³/mol. The fraction of sp³-hybridized carbons (Fsp3) is 0. The van der Waals surface area contributed by atoms with Crippen LogP contribution in [-0.4, -0.2) is 15.5 Å². The molecule has 0 aromatic heterocycles. The van der Waals surface area contributed by atoms with Crippen molar-refractivity contribution in [1.82, 2.24) is 0 Å². The summed E-state index contributed by atoms with van der Waals surface area (Å²) in [7, 11) is 0. The SMILES string of the molecule is Fc1c(F)c(F)[c]([Ga-]([F])([c]2c(F)c(F)c(F)c(F)c2F)[c]2c(F)c(F)c(F)c(F)c2F)c(F)c1F. The van der Waals surface area contributed by atoms with Gasteiger partial charge >= 0.3 is 184 Å². The van der Waals surface area contributed by atoms with E-state index in [0.717, 1.165) is 0 Å². The standard InChI is InChI=1S/3C6F5.FH.Ga/c3*7-2-1-3(8)5(10)6(11)4(2)9;;/h;;;1H;/p-1. The maximum atomic E-state index is 16.4. The average Bonchev–Trinajstić information content (AvgIpc) is 2.81. The molecule has 0 aliphatic heterocycles. The first kappa shape index (κ1) is 26.8. The average molecular weight is 590 g/mol. The summed E-state index contributed by atoms with van der Waals surface area (Å²) >= 11 is -9.08. The molecule has 35 heavy (non-hydrogen) atoms. The first-order chi connectivity index (χ1) is 16.0. The molecule has 3 aromatic rings. The molecule has 0 atom stereocenters. The number of hydrogen-bond donors (Lipinski definition) is 0. The Bertz CT molecular complexity index is 1160. The van der Waals surface area contributed by atoms with Gasteiger partial charge in [-0.15, -0.1) is 0 Å². The Labute approximate surface area is 184 Å². The zero-order valence-electron chi connectivity index (χ0n) is 15.6. The number of benzene rings is 3. The summed E-state index contributed by atoms with van der Waals surface area (Å²) in [6, 6.07) is 0. The quantitative estimate of drug-likeness (QED) is 0.180. The molecule has 0 radical (unpaired) electrons. The van der Waals surface area contributed by atoms with Crippen molar-refractivity contribution in [3.63, 3.8) is 0 Å². The van der Waals surface area contributed by atoms with Crippen LogP contribution in [0.5, 0.6) is 0 Å². The van der Waals surface area contributed by atoms with Crippen LogP contribution < -0.4 is 12.4 Å². The van der Waals surface area contributed by atoms with Crippen molar-refractivity contribution in [2.24, 2.45) is 0 Å². The minimum atomic E-state index is -9.08. The summed E-state index contributed by atoms with van der Waals surface area (Å²) in [5, 5.41) is 0. The molecule has 0 saturated carbocycles. The van der Waals surface area contributed by atoms with Crippen LogP contribution in [0.4, 0.5) is 69.1 Å². The fourth-order valence-electron chi connectivity index (χ4n) is 3.35. The van der Waals surface area contributed by atoms with Gasteiger partial charge in [0.05, 0.1) is 0 Å². The fourth-order valence-corrected chi connectivity index (χ4v) is 11.2. The number of rotatable bonds is 3. The monoisotopic (exact) mass is 589 g/mol. The third-order valence-electron chi connectivity index (χ3n) is 4.92. The predicted octanol–water partition coefficient (Wildman–Crippen LogP) is 4.71.